The van der Waals surface area contributed by atoms with Crippen molar-refractivity contribution in [3.63, 3.8) is 0 Å². The summed E-state index contributed by atoms with van der Waals surface area (Å²) in [6.45, 7) is 4.42. The van der Waals surface area contributed by atoms with Crippen LogP contribution in [-0.4, -0.2) is 69.7 Å². The van der Waals surface area contributed by atoms with Crippen LogP contribution < -0.4 is 14.9 Å². The maximum absolute atomic E-state index is 13.3. The molecule has 0 radical (unpaired) electrons. The number of sulfonamides is 1. The molecule has 2 fully saturated rings. The van der Waals surface area contributed by atoms with Gasteiger partial charge in [0.1, 0.15) is 5.92 Å². The Kier molecular flexibility index (Phi) is 6.92. The number of anilines is 2. The van der Waals surface area contributed by atoms with Gasteiger partial charge in [-0.3, -0.25) is 9.78 Å². The first-order valence-electron chi connectivity index (χ1n) is 13.4. The quantitative estimate of drug-likeness (QED) is 0.421. The summed E-state index contributed by atoms with van der Waals surface area (Å²) >= 11 is 0. The van der Waals surface area contributed by atoms with Crippen LogP contribution in [0, 0.1) is 5.92 Å². The van der Waals surface area contributed by atoms with Crippen LogP contribution in [0.25, 0.3) is 0 Å². The predicted octanol–water partition coefficient (Wildman–Crippen LogP) is 3.38. The highest BCUT2D eigenvalue weighted by molar-refractivity contribution is 7.89. The summed E-state index contributed by atoms with van der Waals surface area (Å²) in [6.07, 6.45) is 3.76. The third-order valence-corrected chi connectivity index (χ3v) is 9.01. The average Bonchev–Trinajstić information content (AvgIpc) is 3.73. The summed E-state index contributed by atoms with van der Waals surface area (Å²) in [7, 11) is -1.56. The van der Waals surface area contributed by atoms with Gasteiger partial charge in [-0.25, -0.2) is 18.1 Å². The summed E-state index contributed by atoms with van der Waals surface area (Å²) < 4.78 is 28.7. The normalized spacial score (nSPS) is 20.1. The van der Waals surface area contributed by atoms with Crippen LogP contribution in [0.15, 0.2) is 76.7 Å². The molecule has 2 aromatic carbocycles. The van der Waals surface area contributed by atoms with Gasteiger partial charge in [0.05, 0.1) is 22.0 Å². The van der Waals surface area contributed by atoms with E-state index in [0.717, 1.165) is 44.7 Å². The van der Waals surface area contributed by atoms with Crippen molar-refractivity contribution in [3.8, 4) is 0 Å². The van der Waals surface area contributed by atoms with Crippen LogP contribution >= 0.6 is 0 Å². The second-order valence-corrected chi connectivity index (χ2v) is 12.3. The van der Waals surface area contributed by atoms with E-state index in [1.54, 1.807) is 18.3 Å². The van der Waals surface area contributed by atoms with Crippen LogP contribution in [0.4, 0.5) is 17.1 Å². The number of carbonyl (C=O) groups excluding carboxylic acids is 1. The summed E-state index contributed by atoms with van der Waals surface area (Å²) in [5, 5.41) is 2.90. The topological polar surface area (TPSA) is 107 Å². The molecule has 1 saturated heterocycles. The number of benzene rings is 2. The lowest BCUT2D eigenvalue weighted by Gasteiger charge is -2.34. The Labute approximate surface area is 229 Å². The molecule has 39 heavy (non-hydrogen) atoms. The Morgan fingerprint density at radius 1 is 1.05 bits per heavy atom. The zero-order valence-corrected chi connectivity index (χ0v) is 22.7. The first-order valence-corrected chi connectivity index (χ1v) is 14.8. The van der Waals surface area contributed by atoms with Crippen molar-refractivity contribution < 1.29 is 13.2 Å². The Hall–Kier alpha value is -3.60. The molecular weight excluding hydrogens is 512 g/mol. The molecule has 2 aliphatic heterocycles. The van der Waals surface area contributed by atoms with Crippen molar-refractivity contribution >= 4 is 38.7 Å². The van der Waals surface area contributed by atoms with Crippen molar-refractivity contribution in [2.45, 2.75) is 23.7 Å². The number of aliphatic imine (C=N–C) groups is 1. The van der Waals surface area contributed by atoms with Gasteiger partial charge in [-0.15, -0.1) is 0 Å². The minimum absolute atomic E-state index is 0.139. The summed E-state index contributed by atoms with van der Waals surface area (Å²) in [6, 6.07) is 18.3. The van der Waals surface area contributed by atoms with Gasteiger partial charge in [-0.1, -0.05) is 6.07 Å². The number of carbonyl (C=O) groups is 1. The number of nitrogens with one attached hydrogen (secondary N) is 2. The van der Waals surface area contributed by atoms with E-state index < -0.39 is 15.9 Å². The molecule has 1 saturated carbocycles. The Bertz CT molecular complexity index is 1500. The highest BCUT2D eigenvalue weighted by atomic mass is 32.2. The molecule has 0 spiro atoms. The van der Waals surface area contributed by atoms with Gasteiger partial charge in [0.2, 0.25) is 15.9 Å². The summed E-state index contributed by atoms with van der Waals surface area (Å²) in [4.78, 5) is 27.5. The highest BCUT2D eigenvalue weighted by Crippen LogP contribution is 2.38. The van der Waals surface area contributed by atoms with Crippen LogP contribution in [0.5, 0.6) is 0 Å². The van der Waals surface area contributed by atoms with Gasteiger partial charge < -0.3 is 15.1 Å². The van der Waals surface area contributed by atoms with Crippen LogP contribution in [0.2, 0.25) is 0 Å². The molecule has 9 nitrogen and oxygen atoms in total. The zero-order chi connectivity index (χ0) is 27.0. The second-order valence-electron chi connectivity index (χ2n) is 10.5. The van der Waals surface area contributed by atoms with E-state index in [0.29, 0.717) is 40.8 Å². The Morgan fingerprint density at radius 3 is 2.51 bits per heavy atom. The second kappa shape index (κ2) is 10.5. The SMILES string of the molecule is CN1CCN(c2ccc(N=C(c3ccccn3)C3C(=O)Nc4ccc(S(=O)(=O)NCC5CC5)cc43)cc2)CC1. The van der Waals surface area contributed by atoms with Crippen LogP contribution in [0.3, 0.4) is 0 Å². The highest BCUT2D eigenvalue weighted by Gasteiger charge is 2.37. The molecule has 1 aromatic heterocycles. The van der Waals surface area contributed by atoms with E-state index in [1.165, 1.54) is 6.07 Å². The molecule has 10 heteroatoms. The zero-order valence-electron chi connectivity index (χ0n) is 21.9. The molecular formula is C29H32N6O3S. The van der Waals surface area contributed by atoms with Gasteiger partial charge in [0.15, 0.2) is 0 Å². The van der Waals surface area contributed by atoms with E-state index in [-0.39, 0.29) is 10.8 Å². The average molecular weight is 545 g/mol. The Balaban J connectivity index is 1.34. The number of fused-ring (bicyclic) bond motifs is 1. The number of piperazine rings is 1. The number of aromatic nitrogens is 1. The van der Waals surface area contributed by atoms with E-state index in [9.17, 15) is 13.2 Å². The lowest BCUT2D eigenvalue weighted by atomic mass is 9.93. The summed E-state index contributed by atoms with van der Waals surface area (Å²) in [5.74, 6) is -0.648. The van der Waals surface area contributed by atoms with Gasteiger partial charge in [-0.05, 0) is 86.0 Å². The minimum Gasteiger partial charge on any atom is -0.369 e. The molecule has 3 aliphatic rings. The van der Waals surface area contributed by atoms with Gasteiger partial charge in [0, 0.05) is 50.3 Å². The fourth-order valence-corrected chi connectivity index (χ4v) is 6.19. The molecule has 1 amide bonds. The van der Waals surface area contributed by atoms with Crippen molar-refractivity contribution in [1.29, 1.82) is 0 Å². The third kappa shape index (κ3) is 5.59. The molecule has 202 valence electrons. The molecule has 1 atom stereocenters. The molecule has 2 N–H and O–H groups in total. The molecule has 0 bridgehead atoms. The fourth-order valence-electron chi connectivity index (χ4n) is 5.04. The molecule has 6 rings (SSSR count). The van der Waals surface area contributed by atoms with E-state index in [4.69, 9.17) is 4.99 Å². The molecule has 3 aromatic rings. The number of likely N-dealkylation sites (N-methyl/N-ethyl adjacent to an activating group) is 1. The maximum Gasteiger partial charge on any atom is 0.240 e. The van der Waals surface area contributed by atoms with Crippen molar-refractivity contribution in [1.82, 2.24) is 14.6 Å². The van der Waals surface area contributed by atoms with Crippen LogP contribution in [0.1, 0.15) is 30.0 Å². The number of pyridine rings is 1. The molecule has 1 aliphatic carbocycles. The molecule has 1 unspecified atom stereocenters. The smallest absolute Gasteiger partial charge is 0.240 e. The monoisotopic (exact) mass is 544 g/mol. The fraction of sp³-hybridized carbons (Fsp3) is 0.345. The maximum atomic E-state index is 13.3. The van der Waals surface area contributed by atoms with E-state index in [2.05, 4.69) is 44.0 Å². The predicted molar refractivity (Wildman–Crippen MR) is 152 cm³/mol. The first-order chi connectivity index (χ1) is 18.9. The molecule has 3 heterocycles. The van der Waals surface area contributed by atoms with Crippen molar-refractivity contribution in [2.75, 3.05) is 50.0 Å². The number of hydrogen-bond donors (Lipinski definition) is 2. The standard InChI is InChI=1S/C29H32N6O3S/c1-34-14-16-35(17-15-34)22-9-7-21(8-10-22)32-28(26-4-2-3-13-30-26)27-24-18-23(11-12-25(24)33-29(27)36)39(37,38)31-19-20-5-6-20/h2-4,7-13,18,20,27,31H,5-6,14-17,19H2,1H3,(H,33,36). The van der Waals surface area contributed by atoms with Crippen molar-refractivity contribution in [2.24, 2.45) is 10.9 Å². The first kappa shape index (κ1) is 25.7. The number of nitrogens with zero attached hydrogens (tertiary/aromatic N) is 4. The minimum atomic E-state index is -3.70. The number of hydrogen-bond acceptors (Lipinski definition) is 7. The van der Waals surface area contributed by atoms with Crippen molar-refractivity contribution in [3.05, 3.63) is 78.1 Å². The van der Waals surface area contributed by atoms with E-state index >= 15 is 0 Å². The van der Waals surface area contributed by atoms with Gasteiger partial charge in [-0.2, -0.15) is 0 Å². The number of amides is 1. The number of rotatable bonds is 8. The Morgan fingerprint density at radius 2 is 1.82 bits per heavy atom. The third-order valence-electron chi connectivity index (χ3n) is 7.59. The van der Waals surface area contributed by atoms with E-state index in [1.807, 2.05) is 30.3 Å². The lowest BCUT2D eigenvalue weighted by molar-refractivity contribution is -0.115. The lowest BCUT2D eigenvalue weighted by Crippen LogP contribution is -2.44. The summed E-state index contributed by atoms with van der Waals surface area (Å²) in [5.41, 5.74) is 4.03. The van der Waals surface area contributed by atoms with Gasteiger partial charge >= 0.3 is 0 Å². The van der Waals surface area contributed by atoms with Gasteiger partial charge in [0.25, 0.3) is 0 Å². The largest absolute Gasteiger partial charge is 0.369 e. The van der Waals surface area contributed by atoms with Crippen LogP contribution in [-0.2, 0) is 14.8 Å².